The molecule has 0 fully saturated rings. The van der Waals surface area contributed by atoms with E-state index >= 15 is 0 Å². The molecule has 0 saturated carbocycles. The van der Waals surface area contributed by atoms with Crippen molar-refractivity contribution in [2.24, 2.45) is 5.41 Å². The summed E-state index contributed by atoms with van der Waals surface area (Å²) in [5, 5.41) is 15.2. The Hall–Kier alpha value is -1.40. The molecule has 1 aliphatic carbocycles. The van der Waals surface area contributed by atoms with E-state index in [1.807, 2.05) is 26.8 Å². The van der Waals surface area contributed by atoms with Crippen molar-refractivity contribution < 1.29 is 14.7 Å². The second kappa shape index (κ2) is 7.45. The monoisotopic (exact) mass is 338 g/mol. The predicted octanol–water partition coefficient (Wildman–Crippen LogP) is 1.88. The number of thiophene rings is 1. The number of fused-ring (bicyclic) bond motifs is 1. The number of hydrogen-bond donors (Lipinski definition) is 3. The van der Waals surface area contributed by atoms with Gasteiger partial charge >= 0.3 is 0 Å². The second-order valence-electron chi connectivity index (χ2n) is 7.13. The molecule has 23 heavy (non-hydrogen) atoms. The fourth-order valence-electron chi connectivity index (χ4n) is 2.43. The molecular formula is C17H26N2O3S. The molecule has 0 aromatic carbocycles. The number of aryl methyl sites for hydroxylation is 2. The Bertz CT molecular complexity index is 551. The number of aliphatic hydroxyl groups excluding tert-OH is 1. The quantitative estimate of drug-likeness (QED) is 0.767. The minimum absolute atomic E-state index is 0.0712. The molecule has 1 heterocycles. The zero-order valence-corrected chi connectivity index (χ0v) is 14.9. The van der Waals surface area contributed by atoms with Crippen LogP contribution in [0.1, 0.15) is 53.7 Å². The maximum absolute atomic E-state index is 12.1. The van der Waals surface area contributed by atoms with Gasteiger partial charge in [-0.2, -0.15) is 0 Å². The Morgan fingerprint density at radius 1 is 1.26 bits per heavy atom. The summed E-state index contributed by atoms with van der Waals surface area (Å²) in [6.07, 6.45) is 3.85. The molecule has 1 aromatic rings. The lowest BCUT2D eigenvalue weighted by molar-refractivity contribution is -0.120. The summed E-state index contributed by atoms with van der Waals surface area (Å²) in [6, 6.07) is 1.95. The minimum atomic E-state index is -0.619. The van der Waals surface area contributed by atoms with Gasteiger partial charge in [0.05, 0.1) is 17.5 Å². The van der Waals surface area contributed by atoms with Crippen LogP contribution >= 0.6 is 11.3 Å². The van der Waals surface area contributed by atoms with Crippen LogP contribution in [0.2, 0.25) is 0 Å². The normalized spacial score (nSPS) is 15.7. The van der Waals surface area contributed by atoms with Crippen molar-refractivity contribution in [1.29, 1.82) is 0 Å². The molecule has 1 unspecified atom stereocenters. The zero-order chi connectivity index (χ0) is 17.0. The van der Waals surface area contributed by atoms with Gasteiger partial charge in [-0.25, -0.2) is 0 Å². The van der Waals surface area contributed by atoms with Crippen LogP contribution in [0.15, 0.2) is 6.07 Å². The molecule has 2 rings (SSSR count). The van der Waals surface area contributed by atoms with Crippen molar-refractivity contribution >= 4 is 23.2 Å². The largest absolute Gasteiger partial charge is 0.391 e. The lowest BCUT2D eigenvalue weighted by atomic mass is 9.89. The number of nitrogens with one attached hydrogen (secondary N) is 2. The molecule has 128 valence electrons. The van der Waals surface area contributed by atoms with Gasteiger partial charge in [-0.1, -0.05) is 20.8 Å². The highest BCUT2D eigenvalue weighted by Crippen LogP contribution is 2.29. The zero-order valence-electron chi connectivity index (χ0n) is 14.1. The second-order valence-corrected chi connectivity index (χ2v) is 8.27. The van der Waals surface area contributed by atoms with Gasteiger partial charge in [-0.05, 0) is 42.7 Å². The third-order valence-electron chi connectivity index (χ3n) is 4.12. The first-order chi connectivity index (χ1) is 10.8. The van der Waals surface area contributed by atoms with E-state index in [1.165, 1.54) is 34.6 Å². The van der Waals surface area contributed by atoms with Crippen LogP contribution in [0.3, 0.4) is 0 Å². The van der Waals surface area contributed by atoms with Gasteiger partial charge in [-0.3, -0.25) is 9.59 Å². The van der Waals surface area contributed by atoms with Crippen LogP contribution in [0.5, 0.6) is 0 Å². The van der Waals surface area contributed by atoms with E-state index in [-0.39, 0.29) is 30.3 Å². The van der Waals surface area contributed by atoms with Crippen molar-refractivity contribution in [3.8, 4) is 0 Å². The molecular weight excluding hydrogens is 312 g/mol. The highest BCUT2D eigenvalue weighted by Gasteiger charge is 2.22. The van der Waals surface area contributed by atoms with Gasteiger partial charge in [0.15, 0.2) is 0 Å². The van der Waals surface area contributed by atoms with Crippen LogP contribution < -0.4 is 10.6 Å². The van der Waals surface area contributed by atoms with E-state index in [1.54, 1.807) is 0 Å². The average molecular weight is 338 g/mol. The average Bonchev–Trinajstić information content (AvgIpc) is 2.93. The van der Waals surface area contributed by atoms with Crippen molar-refractivity contribution in [2.75, 3.05) is 13.1 Å². The molecule has 0 aliphatic heterocycles. The Balaban J connectivity index is 1.78. The van der Waals surface area contributed by atoms with Crippen LogP contribution in [0.25, 0.3) is 0 Å². The number of aliphatic hydroxyl groups is 1. The summed E-state index contributed by atoms with van der Waals surface area (Å²) < 4.78 is 0. The van der Waals surface area contributed by atoms with Gasteiger partial charge < -0.3 is 15.7 Å². The summed E-state index contributed by atoms with van der Waals surface area (Å²) in [6.45, 7) is 5.84. The van der Waals surface area contributed by atoms with Crippen LogP contribution in [0, 0.1) is 5.41 Å². The van der Waals surface area contributed by atoms with Crippen molar-refractivity contribution in [3.63, 3.8) is 0 Å². The van der Waals surface area contributed by atoms with Gasteiger partial charge in [0, 0.05) is 11.4 Å². The highest BCUT2D eigenvalue weighted by molar-refractivity contribution is 7.14. The van der Waals surface area contributed by atoms with Gasteiger partial charge in [-0.15, -0.1) is 11.3 Å². The van der Waals surface area contributed by atoms with E-state index in [0.717, 1.165) is 12.8 Å². The number of amides is 2. The molecule has 0 saturated heterocycles. The molecule has 1 aliphatic rings. The maximum Gasteiger partial charge on any atom is 0.261 e. The van der Waals surface area contributed by atoms with Gasteiger partial charge in [0.1, 0.15) is 0 Å². The summed E-state index contributed by atoms with van der Waals surface area (Å²) in [7, 11) is 0. The van der Waals surface area contributed by atoms with E-state index in [9.17, 15) is 14.7 Å². The third-order valence-corrected chi connectivity index (χ3v) is 5.36. The molecule has 1 aromatic heterocycles. The molecule has 3 N–H and O–H groups in total. The maximum atomic E-state index is 12.1. The number of hydrogen-bond acceptors (Lipinski definition) is 4. The molecule has 0 spiro atoms. The van der Waals surface area contributed by atoms with Crippen LogP contribution in [0.4, 0.5) is 0 Å². The standard InChI is InChI=1S/C17H26N2O3S/c1-17(2,3)14(20)9-18-15(21)10-19-16(22)13-8-11-6-4-5-7-12(11)23-13/h8,14,20H,4-7,9-10H2,1-3H3,(H,18,21)(H,19,22). The molecule has 6 heteroatoms. The smallest absolute Gasteiger partial charge is 0.261 e. The minimum Gasteiger partial charge on any atom is -0.391 e. The van der Waals surface area contributed by atoms with Crippen molar-refractivity contribution in [2.45, 2.75) is 52.6 Å². The first-order valence-corrected chi connectivity index (χ1v) is 8.93. The number of carbonyl (C=O) groups excluding carboxylic acids is 2. The number of rotatable bonds is 5. The Labute approximate surface area is 141 Å². The molecule has 1 atom stereocenters. The van der Waals surface area contributed by atoms with E-state index in [4.69, 9.17) is 0 Å². The molecule has 2 amide bonds. The first kappa shape index (κ1) is 17.9. The summed E-state index contributed by atoms with van der Waals surface area (Å²) >= 11 is 1.53. The van der Waals surface area contributed by atoms with Crippen LogP contribution in [-0.2, 0) is 17.6 Å². The fraction of sp³-hybridized carbons (Fsp3) is 0.647. The third kappa shape index (κ3) is 5.04. The van der Waals surface area contributed by atoms with Crippen molar-refractivity contribution in [3.05, 3.63) is 21.4 Å². The van der Waals surface area contributed by atoms with E-state index in [0.29, 0.717) is 4.88 Å². The van der Waals surface area contributed by atoms with Gasteiger partial charge in [0.2, 0.25) is 5.91 Å². The van der Waals surface area contributed by atoms with Gasteiger partial charge in [0.25, 0.3) is 5.91 Å². The van der Waals surface area contributed by atoms with E-state index in [2.05, 4.69) is 10.6 Å². The molecule has 5 nitrogen and oxygen atoms in total. The lowest BCUT2D eigenvalue weighted by Gasteiger charge is -2.25. The van der Waals surface area contributed by atoms with E-state index < -0.39 is 6.10 Å². The lowest BCUT2D eigenvalue weighted by Crippen LogP contribution is -2.43. The molecule has 0 radical (unpaired) electrons. The SMILES string of the molecule is CC(C)(C)C(O)CNC(=O)CNC(=O)c1cc2c(s1)CCCC2. The highest BCUT2D eigenvalue weighted by atomic mass is 32.1. The summed E-state index contributed by atoms with van der Waals surface area (Å²) in [5.41, 5.74) is 0.996. The van der Waals surface area contributed by atoms with Crippen molar-refractivity contribution in [1.82, 2.24) is 10.6 Å². The first-order valence-electron chi connectivity index (χ1n) is 8.12. The Morgan fingerprint density at radius 2 is 1.96 bits per heavy atom. The molecule has 0 bridgehead atoms. The summed E-state index contributed by atoms with van der Waals surface area (Å²) in [4.78, 5) is 25.9. The van der Waals surface area contributed by atoms with Crippen LogP contribution in [-0.4, -0.2) is 36.1 Å². The Morgan fingerprint density at radius 3 is 2.61 bits per heavy atom. The fourth-order valence-corrected chi connectivity index (χ4v) is 3.60. The Kier molecular flexibility index (Phi) is 5.81. The summed E-state index contributed by atoms with van der Waals surface area (Å²) in [5.74, 6) is -0.487. The topological polar surface area (TPSA) is 78.4 Å². The number of carbonyl (C=O) groups is 2. The predicted molar refractivity (Wildman–Crippen MR) is 91.8 cm³/mol.